The minimum absolute atomic E-state index is 0.0241. The molecule has 13 nitrogen and oxygen atoms in total. The Labute approximate surface area is 267 Å². The quantitative estimate of drug-likeness (QED) is 0.333. The van der Waals surface area contributed by atoms with Gasteiger partial charge in [-0.15, -0.1) is 0 Å². The van der Waals surface area contributed by atoms with Crippen LogP contribution in [0.25, 0.3) is 0 Å². The molecule has 8 rings (SSSR count). The van der Waals surface area contributed by atoms with Crippen LogP contribution in [-0.2, 0) is 28.5 Å². The van der Waals surface area contributed by atoms with Gasteiger partial charge in [0.15, 0.2) is 35.6 Å². The Morgan fingerprint density at radius 1 is 0.891 bits per heavy atom. The van der Waals surface area contributed by atoms with E-state index in [4.69, 9.17) is 42.6 Å². The van der Waals surface area contributed by atoms with Crippen LogP contribution in [0.4, 0.5) is 0 Å². The second-order valence-corrected chi connectivity index (χ2v) is 12.6. The zero-order valence-electron chi connectivity index (χ0n) is 24.8. The summed E-state index contributed by atoms with van der Waals surface area (Å²) in [7, 11) is 2.86. The number of esters is 1. The van der Waals surface area contributed by atoms with Crippen molar-refractivity contribution in [1.29, 1.82) is 0 Å². The summed E-state index contributed by atoms with van der Waals surface area (Å²) in [6.07, 6.45) is -7.18. The molecule has 3 aromatic rings. The highest BCUT2D eigenvalue weighted by Gasteiger charge is 2.56. The second kappa shape index (κ2) is 11.6. The van der Waals surface area contributed by atoms with E-state index in [9.17, 15) is 20.1 Å². The highest BCUT2D eigenvalue weighted by atomic mass is 32.1. The highest BCUT2D eigenvalue weighted by molar-refractivity contribution is 7.07. The van der Waals surface area contributed by atoms with E-state index >= 15 is 0 Å². The summed E-state index contributed by atoms with van der Waals surface area (Å²) in [4.78, 5) is 13.5. The Morgan fingerprint density at radius 3 is 2.33 bits per heavy atom. The normalized spacial score (nSPS) is 34.3. The van der Waals surface area contributed by atoms with Crippen molar-refractivity contribution in [2.24, 2.45) is 11.8 Å². The summed E-state index contributed by atoms with van der Waals surface area (Å²) in [5, 5.41) is 36.9. The molecule has 46 heavy (non-hydrogen) atoms. The van der Waals surface area contributed by atoms with Crippen molar-refractivity contribution in [3.63, 3.8) is 0 Å². The van der Waals surface area contributed by atoms with Crippen LogP contribution >= 0.6 is 11.3 Å². The first-order valence-corrected chi connectivity index (χ1v) is 15.8. The molecule has 0 unspecified atom stereocenters. The lowest BCUT2D eigenvalue weighted by molar-refractivity contribution is -0.369. The van der Waals surface area contributed by atoms with Crippen molar-refractivity contribution in [3.05, 3.63) is 63.3 Å². The summed E-state index contributed by atoms with van der Waals surface area (Å²) in [5.41, 5.74) is 2.82. The molecule has 4 aliphatic heterocycles. The van der Waals surface area contributed by atoms with Crippen molar-refractivity contribution < 1.29 is 62.7 Å². The standard InChI is InChI=1S/C32H32O13S/c1-37-20-5-14(6-21(38-2)25(20)33)23-15-7-18-19(42-12-41-18)8-16(15)28(17-9-39-30(36)24(17)23)44-32-27(35)26(34)29-22(43-32)10-40-31(45-29)13-3-4-46-11-13/h3-8,11,17,22-24,26-29,31-35H,9-10,12H2,1-2H3/t17-,22+,23+,24-,26+,27+,28+,29+,31+,32-/m0/s1. The predicted molar refractivity (Wildman–Crippen MR) is 156 cm³/mol. The zero-order valence-corrected chi connectivity index (χ0v) is 25.6. The third kappa shape index (κ3) is 4.70. The first-order valence-electron chi connectivity index (χ1n) is 14.9. The molecule has 3 fully saturated rings. The maximum absolute atomic E-state index is 13.5. The van der Waals surface area contributed by atoms with E-state index < -0.39 is 66.8 Å². The van der Waals surface area contributed by atoms with Crippen molar-refractivity contribution in [2.45, 2.75) is 49.0 Å². The number of carbonyl (C=O) groups is 1. The lowest BCUT2D eigenvalue weighted by atomic mass is 9.66. The Kier molecular flexibility index (Phi) is 7.48. The van der Waals surface area contributed by atoms with Gasteiger partial charge < -0.3 is 58.0 Å². The topological polar surface area (TPSA) is 161 Å². The molecule has 0 radical (unpaired) electrons. The summed E-state index contributed by atoms with van der Waals surface area (Å²) in [5.74, 6) is -1.09. The fourth-order valence-corrected chi connectivity index (χ4v) is 7.85. The molecule has 2 aromatic carbocycles. The number of aliphatic hydroxyl groups is 2. The Morgan fingerprint density at radius 2 is 1.63 bits per heavy atom. The number of carbonyl (C=O) groups excluding carboxylic acids is 1. The van der Waals surface area contributed by atoms with Gasteiger partial charge in [-0.25, -0.2) is 0 Å². The molecule has 0 saturated carbocycles. The molecule has 14 heteroatoms. The molecule has 0 amide bonds. The van der Waals surface area contributed by atoms with Gasteiger partial charge in [0.25, 0.3) is 0 Å². The van der Waals surface area contributed by atoms with E-state index in [0.29, 0.717) is 28.2 Å². The van der Waals surface area contributed by atoms with Gasteiger partial charge in [-0.05, 0) is 57.8 Å². The van der Waals surface area contributed by atoms with Crippen LogP contribution in [0, 0.1) is 11.8 Å². The van der Waals surface area contributed by atoms with Crippen LogP contribution in [0.15, 0.2) is 41.1 Å². The van der Waals surface area contributed by atoms with Crippen LogP contribution in [-0.4, -0.2) is 86.2 Å². The second-order valence-electron chi connectivity index (χ2n) is 11.8. The number of aromatic hydroxyl groups is 1. The molecule has 1 aliphatic carbocycles. The van der Waals surface area contributed by atoms with Crippen molar-refractivity contribution in [2.75, 3.05) is 34.2 Å². The zero-order chi connectivity index (χ0) is 31.7. The van der Waals surface area contributed by atoms with Gasteiger partial charge in [0.2, 0.25) is 12.5 Å². The number of rotatable bonds is 6. The predicted octanol–water partition coefficient (Wildman–Crippen LogP) is 2.75. The van der Waals surface area contributed by atoms with Crippen LogP contribution in [0.5, 0.6) is 28.7 Å². The number of thiophene rings is 1. The number of hydrogen-bond donors (Lipinski definition) is 3. The Hall–Kier alpha value is -3.63. The maximum atomic E-state index is 13.5. The number of methoxy groups -OCH3 is 2. The van der Waals surface area contributed by atoms with Crippen molar-refractivity contribution in [1.82, 2.24) is 0 Å². The molecular formula is C32H32O13S. The lowest BCUT2D eigenvalue weighted by Crippen LogP contribution is -2.62. The van der Waals surface area contributed by atoms with Crippen molar-refractivity contribution in [3.8, 4) is 28.7 Å². The number of fused-ring (bicyclic) bond motifs is 4. The summed E-state index contributed by atoms with van der Waals surface area (Å²) in [6, 6.07) is 8.81. The van der Waals surface area contributed by atoms with Gasteiger partial charge >= 0.3 is 5.97 Å². The van der Waals surface area contributed by atoms with Gasteiger partial charge in [-0.1, -0.05) is 0 Å². The van der Waals surface area contributed by atoms with Gasteiger partial charge in [0.05, 0.1) is 39.5 Å². The molecular weight excluding hydrogens is 624 g/mol. The van der Waals surface area contributed by atoms with E-state index in [2.05, 4.69) is 0 Å². The van der Waals surface area contributed by atoms with E-state index in [1.165, 1.54) is 25.6 Å². The first-order chi connectivity index (χ1) is 22.4. The molecule has 5 heterocycles. The number of ether oxygens (including phenoxy) is 9. The number of aliphatic hydroxyl groups excluding tert-OH is 2. The molecule has 3 N–H and O–H groups in total. The summed E-state index contributed by atoms with van der Waals surface area (Å²) < 4.78 is 52.6. The minimum atomic E-state index is -1.47. The largest absolute Gasteiger partial charge is 0.502 e. The number of phenols is 1. The third-order valence-corrected chi connectivity index (χ3v) is 10.1. The van der Waals surface area contributed by atoms with Gasteiger partial charge in [-0.3, -0.25) is 4.79 Å². The van der Waals surface area contributed by atoms with Crippen LogP contribution in [0.3, 0.4) is 0 Å². The molecule has 0 spiro atoms. The lowest BCUT2D eigenvalue weighted by Gasteiger charge is -2.48. The number of phenolic OH excluding ortho intramolecular Hbond substituents is 1. The van der Waals surface area contributed by atoms with Gasteiger partial charge in [0, 0.05) is 17.4 Å². The average Bonchev–Trinajstić information content (AvgIpc) is 3.85. The maximum Gasteiger partial charge on any atom is 0.310 e. The smallest absolute Gasteiger partial charge is 0.310 e. The summed E-state index contributed by atoms with van der Waals surface area (Å²) in [6.45, 7) is 0.169. The fraction of sp³-hybridized carbons (Fsp3) is 0.469. The highest BCUT2D eigenvalue weighted by Crippen LogP contribution is 2.57. The SMILES string of the molecule is COc1cc([C@@H]2c3cc4c(cc3[C@@H](O[C@@H]3O[C@@H]5CO[C@@H](c6ccsc6)O[C@H]5[C@H](O)[C@H]3O)[C@H]3COC(=O)[C@H]23)OCO4)cc(OC)c1O. The molecule has 10 atom stereocenters. The first kappa shape index (κ1) is 29.8. The number of benzene rings is 2. The fourth-order valence-electron chi connectivity index (χ4n) is 7.19. The van der Waals surface area contributed by atoms with Crippen LogP contribution in [0.2, 0.25) is 0 Å². The van der Waals surface area contributed by atoms with Gasteiger partial charge in [0.1, 0.15) is 24.4 Å². The Balaban J connectivity index is 1.16. The van der Waals surface area contributed by atoms with E-state index in [1.54, 1.807) is 18.2 Å². The molecule has 5 aliphatic rings. The van der Waals surface area contributed by atoms with Crippen molar-refractivity contribution >= 4 is 17.3 Å². The average molecular weight is 657 g/mol. The number of hydrogen-bond acceptors (Lipinski definition) is 14. The minimum Gasteiger partial charge on any atom is -0.502 e. The van der Waals surface area contributed by atoms with E-state index in [0.717, 1.165) is 5.56 Å². The molecule has 0 bridgehead atoms. The van der Waals surface area contributed by atoms with Crippen LogP contribution in [0.1, 0.15) is 40.6 Å². The number of cyclic esters (lactones) is 1. The summed E-state index contributed by atoms with van der Waals surface area (Å²) >= 11 is 1.50. The van der Waals surface area contributed by atoms with Gasteiger partial charge in [-0.2, -0.15) is 11.3 Å². The molecule has 1 aromatic heterocycles. The third-order valence-electron chi connectivity index (χ3n) is 9.41. The van der Waals surface area contributed by atoms with E-state index in [-0.39, 0.29) is 37.3 Å². The molecule has 244 valence electrons. The van der Waals surface area contributed by atoms with Crippen LogP contribution < -0.4 is 18.9 Å². The monoisotopic (exact) mass is 656 g/mol. The molecule has 3 saturated heterocycles. The Bertz CT molecular complexity index is 1600. The van der Waals surface area contributed by atoms with E-state index in [1.807, 2.05) is 22.9 Å².